The van der Waals surface area contributed by atoms with Crippen LogP contribution in [0.15, 0.2) is 47.1 Å². The molecule has 0 saturated carbocycles. The number of aromatic nitrogens is 1. The zero-order chi connectivity index (χ0) is 17.7. The van der Waals surface area contributed by atoms with Gasteiger partial charge in [-0.05, 0) is 39.3 Å². The van der Waals surface area contributed by atoms with Crippen LogP contribution in [0, 0.1) is 0 Å². The molecule has 0 unspecified atom stereocenters. The van der Waals surface area contributed by atoms with Crippen molar-refractivity contribution in [2.75, 3.05) is 13.2 Å². The fourth-order valence-corrected chi connectivity index (χ4v) is 2.83. The highest BCUT2D eigenvalue weighted by Gasteiger charge is 2.37. The van der Waals surface area contributed by atoms with E-state index in [-0.39, 0.29) is 18.7 Å². The highest BCUT2D eigenvalue weighted by Crippen LogP contribution is 2.38. The molecular weight excluding hydrogens is 324 g/mol. The smallest absolute Gasteiger partial charge is 0.336 e. The van der Waals surface area contributed by atoms with Crippen LogP contribution in [0.25, 0.3) is 0 Å². The van der Waals surface area contributed by atoms with Gasteiger partial charge < -0.3 is 20.3 Å². The van der Waals surface area contributed by atoms with Gasteiger partial charge in [0.05, 0.1) is 30.3 Å². The van der Waals surface area contributed by atoms with Gasteiger partial charge in [0.15, 0.2) is 0 Å². The summed E-state index contributed by atoms with van der Waals surface area (Å²) in [6.07, 6.45) is 3.29. The number of ether oxygens (including phenoxy) is 2. The number of carbonyl (C=O) groups excluding carboxylic acids is 2. The molecule has 0 spiro atoms. The number of hydrogen-bond acceptors (Lipinski definition) is 6. The first-order valence-corrected chi connectivity index (χ1v) is 7.93. The molecule has 7 nitrogen and oxygen atoms in total. The highest BCUT2D eigenvalue weighted by molar-refractivity contribution is 5.99. The number of rotatable bonds is 5. The van der Waals surface area contributed by atoms with E-state index in [1.807, 2.05) is 6.07 Å². The molecule has 0 aliphatic carbocycles. The lowest BCUT2D eigenvalue weighted by Crippen LogP contribution is -2.32. The molecule has 0 aromatic carbocycles. The predicted molar refractivity (Wildman–Crippen MR) is 92.4 cm³/mol. The molecule has 25 heavy (non-hydrogen) atoms. The number of dihydropyridines is 1. The Hall–Kier alpha value is -2.67. The van der Waals surface area contributed by atoms with E-state index in [4.69, 9.17) is 9.47 Å². The van der Waals surface area contributed by atoms with E-state index < -0.39 is 17.9 Å². The second-order valence-electron chi connectivity index (χ2n) is 5.36. The summed E-state index contributed by atoms with van der Waals surface area (Å²) in [7, 11) is 0. The number of carbonyl (C=O) groups is 2. The third kappa shape index (κ3) is 4.24. The average molecular weight is 348 g/mol. The third-order valence-electron chi connectivity index (χ3n) is 3.77. The van der Waals surface area contributed by atoms with Crippen molar-refractivity contribution in [3.05, 3.63) is 52.6 Å². The Morgan fingerprint density at radius 3 is 2.00 bits per heavy atom. The second kappa shape index (κ2) is 8.98. The maximum absolute atomic E-state index is 12.5. The van der Waals surface area contributed by atoms with Gasteiger partial charge in [-0.1, -0.05) is 6.07 Å². The SMILES string of the molecule is CCOC(=O)C1=C(C)NC(C)=C(C(=O)OCC)C1c1cccnc1.O. The first kappa shape index (κ1) is 20.4. The number of pyridine rings is 1. The molecule has 0 radical (unpaired) electrons. The number of esters is 2. The van der Waals surface area contributed by atoms with Crippen LogP contribution >= 0.6 is 0 Å². The van der Waals surface area contributed by atoms with Crippen LogP contribution < -0.4 is 5.32 Å². The van der Waals surface area contributed by atoms with Gasteiger partial charge in [-0.15, -0.1) is 0 Å². The summed E-state index contributed by atoms with van der Waals surface area (Å²) in [5.74, 6) is -1.48. The Morgan fingerprint density at radius 2 is 1.60 bits per heavy atom. The summed E-state index contributed by atoms with van der Waals surface area (Å²) in [4.78, 5) is 29.1. The van der Waals surface area contributed by atoms with Gasteiger partial charge in [0.25, 0.3) is 0 Å². The zero-order valence-corrected chi connectivity index (χ0v) is 14.9. The van der Waals surface area contributed by atoms with E-state index in [9.17, 15) is 9.59 Å². The van der Waals surface area contributed by atoms with E-state index >= 15 is 0 Å². The summed E-state index contributed by atoms with van der Waals surface area (Å²) < 4.78 is 10.4. The Labute approximate surface area is 147 Å². The van der Waals surface area contributed by atoms with Crippen molar-refractivity contribution in [3.63, 3.8) is 0 Å². The normalized spacial score (nSPS) is 14.6. The van der Waals surface area contributed by atoms with Gasteiger partial charge >= 0.3 is 11.9 Å². The summed E-state index contributed by atoms with van der Waals surface area (Å²) in [6.45, 7) is 7.59. The highest BCUT2D eigenvalue weighted by atomic mass is 16.5. The van der Waals surface area contributed by atoms with Gasteiger partial charge in [0.2, 0.25) is 0 Å². The standard InChI is InChI=1S/C18H22N2O4.H2O/c1-5-23-17(21)14-11(3)20-12(4)15(18(22)24-6-2)16(14)13-8-7-9-19-10-13;/h7-10,16,20H,5-6H2,1-4H3;1H2. The van der Waals surface area contributed by atoms with Crippen LogP contribution in [0.5, 0.6) is 0 Å². The molecule has 3 N–H and O–H groups in total. The zero-order valence-electron chi connectivity index (χ0n) is 14.9. The Bertz CT molecular complexity index is 655. The molecular formula is C18H24N2O5. The van der Waals surface area contributed by atoms with Gasteiger partial charge in [-0.25, -0.2) is 9.59 Å². The van der Waals surface area contributed by atoms with Crippen molar-refractivity contribution in [3.8, 4) is 0 Å². The molecule has 1 aromatic heterocycles. The van der Waals surface area contributed by atoms with Gasteiger partial charge in [0, 0.05) is 23.8 Å². The average Bonchev–Trinajstić information content (AvgIpc) is 2.55. The van der Waals surface area contributed by atoms with Crippen molar-refractivity contribution in [1.29, 1.82) is 0 Å². The molecule has 1 aliphatic heterocycles. The second-order valence-corrected chi connectivity index (χ2v) is 5.36. The molecule has 2 heterocycles. The fraction of sp³-hybridized carbons (Fsp3) is 0.389. The van der Waals surface area contributed by atoms with E-state index in [1.165, 1.54) is 0 Å². The predicted octanol–water partition coefficient (Wildman–Crippen LogP) is 1.62. The number of nitrogens with one attached hydrogen (secondary N) is 1. The molecule has 7 heteroatoms. The lowest BCUT2D eigenvalue weighted by molar-refractivity contribution is -0.139. The van der Waals surface area contributed by atoms with Crippen molar-refractivity contribution < 1.29 is 24.5 Å². The number of hydrogen-bond donors (Lipinski definition) is 1. The topological polar surface area (TPSA) is 109 Å². The first-order valence-electron chi connectivity index (χ1n) is 7.93. The maximum Gasteiger partial charge on any atom is 0.336 e. The van der Waals surface area contributed by atoms with Crippen LogP contribution in [0.3, 0.4) is 0 Å². The van der Waals surface area contributed by atoms with Crippen LogP contribution in [-0.2, 0) is 19.1 Å². The lowest BCUT2D eigenvalue weighted by atomic mass is 9.81. The van der Waals surface area contributed by atoms with Crippen molar-refractivity contribution >= 4 is 11.9 Å². The summed E-state index contributed by atoms with van der Waals surface area (Å²) in [6, 6.07) is 3.61. The monoisotopic (exact) mass is 348 g/mol. The summed E-state index contributed by atoms with van der Waals surface area (Å²) in [5, 5.41) is 3.09. The van der Waals surface area contributed by atoms with E-state index in [0.717, 1.165) is 5.56 Å². The fourth-order valence-electron chi connectivity index (χ4n) is 2.83. The van der Waals surface area contributed by atoms with Crippen molar-refractivity contribution in [2.24, 2.45) is 0 Å². The largest absolute Gasteiger partial charge is 0.463 e. The van der Waals surface area contributed by atoms with Crippen LogP contribution in [0.2, 0.25) is 0 Å². The van der Waals surface area contributed by atoms with Crippen LogP contribution in [0.4, 0.5) is 0 Å². The Morgan fingerprint density at radius 1 is 1.08 bits per heavy atom. The van der Waals surface area contributed by atoms with E-state index in [2.05, 4.69) is 10.3 Å². The van der Waals surface area contributed by atoms with E-state index in [0.29, 0.717) is 22.5 Å². The minimum absolute atomic E-state index is 0. The quantitative estimate of drug-likeness (QED) is 0.810. The lowest BCUT2D eigenvalue weighted by Gasteiger charge is -2.30. The summed E-state index contributed by atoms with van der Waals surface area (Å²) in [5.41, 5.74) is 2.86. The molecule has 0 fully saturated rings. The minimum Gasteiger partial charge on any atom is -0.463 e. The number of nitrogens with zero attached hydrogens (tertiary/aromatic N) is 1. The molecule has 1 aliphatic rings. The Balaban J connectivity index is 0.00000312. The molecule has 136 valence electrons. The molecule has 0 saturated heterocycles. The maximum atomic E-state index is 12.5. The van der Waals surface area contributed by atoms with Crippen LogP contribution in [-0.4, -0.2) is 35.6 Å². The first-order chi connectivity index (χ1) is 11.5. The molecule has 0 atom stereocenters. The molecule has 0 bridgehead atoms. The third-order valence-corrected chi connectivity index (χ3v) is 3.77. The van der Waals surface area contributed by atoms with E-state index in [1.54, 1.807) is 46.2 Å². The van der Waals surface area contributed by atoms with Crippen molar-refractivity contribution in [1.82, 2.24) is 10.3 Å². The number of allylic oxidation sites excluding steroid dienone is 2. The van der Waals surface area contributed by atoms with Gasteiger partial charge in [0.1, 0.15) is 0 Å². The van der Waals surface area contributed by atoms with Crippen LogP contribution in [0.1, 0.15) is 39.2 Å². The molecule has 0 amide bonds. The minimum atomic E-state index is -0.571. The molecule has 2 rings (SSSR count). The summed E-state index contributed by atoms with van der Waals surface area (Å²) >= 11 is 0. The van der Waals surface area contributed by atoms with Gasteiger partial charge in [-0.2, -0.15) is 0 Å². The van der Waals surface area contributed by atoms with Gasteiger partial charge in [-0.3, -0.25) is 4.98 Å². The van der Waals surface area contributed by atoms with Crippen molar-refractivity contribution in [2.45, 2.75) is 33.6 Å². The molecule has 1 aromatic rings. The Kier molecular flexibility index (Phi) is 7.32.